The average Bonchev–Trinajstić information content (AvgIpc) is 3.00. The van der Waals surface area contributed by atoms with Gasteiger partial charge in [0, 0.05) is 6.54 Å². The molecule has 1 fully saturated rings. The number of unbranched alkanes of at least 4 members (excludes halogenated alkanes) is 1. The van der Waals surface area contributed by atoms with Crippen molar-refractivity contribution in [3.05, 3.63) is 23.7 Å². The Morgan fingerprint density at radius 3 is 2.67 bits per heavy atom. The predicted molar refractivity (Wildman–Crippen MR) is 83.9 cm³/mol. The summed E-state index contributed by atoms with van der Waals surface area (Å²) >= 11 is 0. The van der Waals surface area contributed by atoms with E-state index in [-0.39, 0.29) is 5.91 Å². The molecule has 0 bridgehead atoms. The lowest BCUT2D eigenvalue weighted by Gasteiger charge is -2.28. The van der Waals surface area contributed by atoms with Crippen molar-refractivity contribution in [3.8, 4) is 0 Å². The van der Waals surface area contributed by atoms with Gasteiger partial charge >= 0.3 is 0 Å². The summed E-state index contributed by atoms with van der Waals surface area (Å²) in [6, 6.07) is 1.72. The molecule has 0 spiro atoms. The topological polar surface area (TPSA) is 68.3 Å². The summed E-state index contributed by atoms with van der Waals surface area (Å²) in [5.74, 6) is 2.15. The van der Waals surface area contributed by atoms with E-state index in [0.717, 1.165) is 12.5 Å². The quantitative estimate of drug-likeness (QED) is 0.808. The Morgan fingerprint density at radius 1 is 1.33 bits per heavy atom. The zero-order chi connectivity index (χ0) is 15.1. The van der Waals surface area contributed by atoms with Crippen LogP contribution in [0.5, 0.6) is 0 Å². The van der Waals surface area contributed by atoms with Gasteiger partial charge in [-0.2, -0.15) is 0 Å². The summed E-state index contributed by atoms with van der Waals surface area (Å²) in [6.07, 6.45) is 10.7. The van der Waals surface area contributed by atoms with E-state index in [1.807, 2.05) is 0 Å². The number of rotatable bonds is 7. The Kier molecular flexibility index (Phi) is 6.30. The molecule has 2 rings (SSSR count). The molecule has 1 saturated carbocycles. The number of amides is 1. The Labute approximate surface area is 127 Å². The van der Waals surface area contributed by atoms with Crippen molar-refractivity contribution >= 4 is 5.91 Å². The Hall–Kier alpha value is -1.29. The molecule has 21 heavy (non-hydrogen) atoms. The molecule has 4 nitrogen and oxygen atoms in total. The minimum absolute atomic E-state index is 0.0495. The first-order chi connectivity index (χ1) is 10.2. The molecular formula is C17H28N2O2. The fourth-order valence-corrected chi connectivity index (χ4v) is 3.16. The lowest BCUT2D eigenvalue weighted by Crippen LogP contribution is -2.31. The van der Waals surface area contributed by atoms with Crippen molar-refractivity contribution in [1.82, 2.24) is 5.32 Å². The van der Waals surface area contributed by atoms with Gasteiger partial charge < -0.3 is 15.5 Å². The maximum atomic E-state index is 12.0. The Bertz CT molecular complexity index is 434. The van der Waals surface area contributed by atoms with Crippen LogP contribution in [-0.4, -0.2) is 12.5 Å². The van der Waals surface area contributed by atoms with Gasteiger partial charge in [-0.15, -0.1) is 0 Å². The molecule has 1 aliphatic rings. The lowest BCUT2D eigenvalue weighted by atomic mass is 9.80. The monoisotopic (exact) mass is 292 g/mol. The third-order valence-corrected chi connectivity index (χ3v) is 4.60. The van der Waals surface area contributed by atoms with Crippen LogP contribution in [0.3, 0.4) is 0 Å². The molecule has 0 atom stereocenters. The third kappa shape index (κ3) is 4.88. The molecule has 1 heterocycles. The fraction of sp³-hybridized carbons (Fsp3) is 0.706. The molecule has 0 aromatic carbocycles. The largest absolute Gasteiger partial charge is 0.467 e. The van der Waals surface area contributed by atoms with Crippen LogP contribution >= 0.6 is 0 Å². The van der Waals surface area contributed by atoms with Crippen molar-refractivity contribution < 1.29 is 9.21 Å². The summed E-state index contributed by atoms with van der Waals surface area (Å²) < 4.78 is 5.19. The highest BCUT2D eigenvalue weighted by Crippen LogP contribution is 2.31. The molecule has 0 radical (unpaired) electrons. The summed E-state index contributed by atoms with van der Waals surface area (Å²) in [5.41, 5.74) is 6.05. The fourth-order valence-electron chi connectivity index (χ4n) is 3.16. The summed E-state index contributed by atoms with van der Waals surface area (Å²) in [5, 5.41) is 3.02. The van der Waals surface area contributed by atoms with Gasteiger partial charge in [0.25, 0.3) is 5.91 Å². The third-order valence-electron chi connectivity index (χ3n) is 4.60. The van der Waals surface area contributed by atoms with Crippen LogP contribution in [-0.2, 0) is 6.54 Å². The van der Waals surface area contributed by atoms with Crippen molar-refractivity contribution in [3.63, 3.8) is 0 Å². The highest BCUT2D eigenvalue weighted by atomic mass is 16.3. The van der Waals surface area contributed by atoms with Gasteiger partial charge in [0.05, 0.1) is 12.1 Å². The van der Waals surface area contributed by atoms with Crippen LogP contribution in [0.4, 0.5) is 0 Å². The Morgan fingerprint density at radius 2 is 2.05 bits per heavy atom. The van der Waals surface area contributed by atoms with E-state index in [0.29, 0.717) is 23.8 Å². The van der Waals surface area contributed by atoms with Gasteiger partial charge in [-0.05, 0) is 30.7 Å². The minimum atomic E-state index is -0.0495. The number of carbonyl (C=O) groups is 1. The molecule has 0 aliphatic heterocycles. The van der Waals surface area contributed by atoms with E-state index >= 15 is 0 Å². The molecule has 4 heteroatoms. The second-order valence-corrected chi connectivity index (χ2v) is 6.24. The van der Waals surface area contributed by atoms with Crippen LogP contribution in [0.1, 0.15) is 68.0 Å². The SMILES string of the molecule is CCCCC1CCC(CNC(=O)c2coc(CN)c2)CC1. The van der Waals surface area contributed by atoms with E-state index in [1.54, 1.807) is 6.07 Å². The zero-order valence-electron chi connectivity index (χ0n) is 13.1. The zero-order valence-corrected chi connectivity index (χ0v) is 13.1. The van der Waals surface area contributed by atoms with Gasteiger partial charge in [0.1, 0.15) is 12.0 Å². The van der Waals surface area contributed by atoms with Gasteiger partial charge in [-0.1, -0.05) is 39.0 Å². The van der Waals surface area contributed by atoms with Crippen LogP contribution in [0.15, 0.2) is 16.7 Å². The normalized spacial score (nSPS) is 22.2. The summed E-state index contributed by atoms with van der Waals surface area (Å²) in [7, 11) is 0. The smallest absolute Gasteiger partial charge is 0.254 e. The highest BCUT2D eigenvalue weighted by molar-refractivity contribution is 5.93. The van der Waals surface area contributed by atoms with Gasteiger partial charge in [-0.3, -0.25) is 4.79 Å². The van der Waals surface area contributed by atoms with E-state index in [4.69, 9.17) is 10.2 Å². The molecule has 3 N–H and O–H groups in total. The molecule has 0 saturated heterocycles. The maximum Gasteiger partial charge on any atom is 0.254 e. The van der Waals surface area contributed by atoms with Crippen molar-refractivity contribution in [2.24, 2.45) is 17.6 Å². The minimum Gasteiger partial charge on any atom is -0.467 e. The number of carbonyl (C=O) groups excluding carboxylic acids is 1. The highest BCUT2D eigenvalue weighted by Gasteiger charge is 2.21. The molecular weight excluding hydrogens is 264 g/mol. The van der Waals surface area contributed by atoms with E-state index < -0.39 is 0 Å². The molecule has 0 unspecified atom stereocenters. The van der Waals surface area contributed by atoms with E-state index in [1.165, 1.54) is 51.2 Å². The molecule has 1 amide bonds. The van der Waals surface area contributed by atoms with E-state index in [2.05, 4.69) is 12.2 Å². The van der Waals surface area contributed by atoms with Crippen molar-refractivity contribution in [1.29, 1.82) is 0 Å². The average molecular weight is 292 g/mol. The second kappa shape index (κ2) is 8.23. The van der Waals surface area contributed by atoms with Crippen molar-refractivity contribution in [2.45, 2.75) is 58.4 Å². The first-order valence-electron chi connectivity index (χ1n) is 8.28. The summed E-state index contributed by atoms with van der Waals surface area (Å²) in [4.78, 5) is 12.0. The van der Waals surface area contributed by atoms with Crippen LogP contribution in [0.2, 0.25) is 0 Å². The van der Waals surface area contributed by atoms with Crippen LogP contribution in [0.25, 0.3) is 0 Å². The second-order valence-electron chi connectivity index (χ2n) is 6.24. The Balaban J connectivity index is 1.68. The number of furan rings is 1. The number of nitrogens with one attached hydrogen (secondary N) is 1. The van der Waals surface area contributed by atoms with E-state index in [9.17, 15) is 4.79 Å². The van der Waals surface area contributed by atoms with Crippen molar-refractivity contribution in [2.75, 3.05) is 6.54 Å². The summed E-state index contributed by atoms with van der Waals surface area (Å²) in [6.45, 7) is 3.37. The van der Waals surface area contributed by atoms with Crippen LogP contribution < -0.4 is 11.1 Å². The predicted octanol–water partition coefficient (Wildman–Crippen LogP) is 3.46. The van der Waals surface area contributed by atoms with Gasteiger partial charge in [-0.25, -0.2) is 0 Å². The lowest BCUT2D eigenvalue weighted by molar-refractivity contribution is 0.0940. The number of hydrogen-bond acceptors (Lipinski definition) is 3. The van der Waals surface area contributed by atoms with Gasteiger partial charge in [0.2, 0.25) is 0 Å². The first-order valence-corrected chi connectivity index (χ1v) is 8.28. The number of nitrogens with two attached hydrogens (primary N) is 1. The molecule has 1 aromatic heterocycles. The molecule has 1 aromatic rings. The molecule has 1 aliphatic carbocycles. The standard InChI is InChI=1S/C17H28N2O2/c1-2-3-4-13-5-7-14(8-6-13)11-19-17(20)15-9-16(10-18)21-12-15/h9,12-14H,2-8,10-11,18H2,1H3,(H,19,20). The maximum absolute atomic E-state index is 12.0. The first kappa shape index (κ1) is 16.1. The van der Waals surface area contributed by atoms with Gasteiger partial charge in [0.15, 0.2) is 0 Å². The molecule has 118 valence electrons. The number of hydrogen-bond donors (Lipinski definition) is 2. The van der Waals surface area contributed by atoms with Crippen LogP contribution in [0, 0.1) is 11.8 Å².